The van der Waals surface area contributed by atoms with E-state index in [0.717, 1.165) is 19.1 Å². The van der Waals surface area contributed by atoms with Crippen molar-refractivity contribution in [2.45, 2.75) is 18.3 Å². The van der Waals surface area contributed by atoms with Crippen LogP contribution in [0.25, 0.3) is 0 Å². The third kappa shape index (κ3) is 1.46. The van der Waals surface area contributed by atoms with Crippen molar-refractivity contribution in [1.82, 2.24) is 0 Å². The third-order valence-corrected chi connectivity index (χ3v) is 2.67. The lowest BCUT2D eigenvalue weighted by Gasteiger charge is -2.07. The fraction of sp³-hybridized carbons (Fsp3) is 0.300. The molecule has 0 radical (unpaired) electrons. The number of hydrogen-bond acceptors (Lipinski definition) is 1. The van der Waals surface area contributed by atoms with E-state index in [-0.39, 0.29) is 5.82 Å². The predicted octanol–water partition coefficient (Wildman–Crippen LogP) is 2.71. The Morgan fingerprint density at radius 2 is 2.08 bits per heavy atom. The zero-order valence-corrected chi connectivity index (χ0v) is 7.64. The fourth-order valence-corrected chi connectivity index (χ4v) is 1.67. The highest BCUT2D eigenvalue weighted by atomic mass is 35.5. The Labute approximate surface area is 80.5 Å². The van der Waals surface area contributed by atoms with E-state index < -0.39 is 5.41 Å². The fourth-order valence-electron chi connectivity index (χ4n) is 1.45. The maximum absolute atomic E-state index is 12.9. The minimum atomic E-state index is -0.439. The molecule has 2 rings (SSSR count). The second-order valence-corrected chi connectivity index (χ2v) is 3.87. The van der Waals surface area contributed by atoms with Gasteiger partial charge in [0.25, 0.3) is 0 Å². The molecule has 0 atom stereocenters. The Balaban J connectivity index is 2.46. The number of benzene rings is 1. The highest BCUT2D eigenvalue weighted by molar-refractivity contribution is 6.30. The Bertz CT molecular complexity index is 338. The highest BCUT2D eigenvalue weighted by Gasteiger charge is 2.44. The van der Waals surface area contributed by atoms with Gasteiger partial charge in [0.05, 0.1) is 5.41 Å². The average molecular weight is 199 g/mol. The minimum absolute atomic E-state index is 0.350. The summed E-state index contributed by atoms with van der Waals surface area (Å²) >= 11 is 5.68. The van der Waals surface area contributed by atoms with Crippen LogP contribution in [0.3, 0.4) is 0 Å². The Kier molecular flexibility index (Phi) is 1.88. The van der Waals surface area contributed by atoms with Gasteiger partial charge >= 0.3 is 0 Å². The molecule has 0 unspecified atom stereocenters. The van der Waals surface area contributed by atoms with Gasteiger partial charge in [0.2, 0.25) is 0 Å². The lowest BCUT2D eigenvalue weighted by Crippen LogP contribution is -2.07. The van der Waals surface area contributed by atoms with Gasteiger partial charge in [-0.2, -0.15) is 0 Å². The number of carbonyl (C=O) groups is 1. The molecule has 0 spiro atoms. The smallest absolute Gasteiger partial charge is 0.130 e. The van der Waals surface area contributed by atoms with Gasteiger partial charge in [0.15, 0.2) is 0 Å². The van der Waals surface area contributed by atoms with E-state index in [1.807, 2.05) is 0 Å². The minimum Gasteiger partial charge on any atom is -0.302 e. The van der Waals surface area contributed by atoms with Crippen molar-refractivity contribution in [2.75, 3.05) is 0 Å². The highest BCUT2D eigenvalue weighted by Crippen LogP contribution is 2.46. The van der Waals surface area contributed by atoms with Crippen molar-refractivity contribution < 1.29 is 9.18 Å². The van der Waals surface area contributed by atoms with E-state index in [2.05, 4.69) is 0 Å². The molecule has 0 saturated heterocycles. The molecule has 1 nitrogen and oxygen atoms in total. The van der Waals surface area contributed by atoms with Gasteiger partial charge in [-0.3, -0.25) is 0 Å². The van der Waals surface area contributed by atoms with Gasteiger partial charge in [-0.1, -0.05) is 11.6 Å². The van der Waals surface area contributed by atoms with Crippen molar-refractivity contribution in [3.8, 4) is 0 Å². The molecule has 1 fully saturated rings. The van der Waals surface area contributed by atoms with Gasteiger partial charge in [-0.05, 0) is 36.6 Å². The summed E-state index contributed by atoms with van der Waals surface area (Å²) in [6.45, 7) is 0. The summed E-state index contributed by atoms with van der Waals surface area (Å²) in [6.07, 6.45) is 2.49. The lowest BCUT2D eigenvalue weighted by atomic mass is 9.98. The molecule has 1 aromatic carbocycles. The van der Waals surface area contributed by atoms with Gasteiger partial charge in [0, 0.05) is 5.02 Å². The molecule has 0 amide bonds. The van der Waals surface area contributed by atoms with Crippen molar-refractivity contribution in [3.63, 3.8) is 0 Å². The molecule has 13 heavy (non-hydrogen) atoms. The molecule has 0 aromatic heterocycles. The van der Waals surface area contributed by atoms with Crippen LogP contribution in [0.5, 0.6) is 0 Å². The molecule has 1 aliphatic carbocycles. The Hall–Kier alpha value is -0.890. The van der Waals surface area contributed by atoms with Crippen LogP contribution in [-0.2, 0) is 10.2 Å². The van der Waals surface area contributed by atoms with Crippen LogP contribution in [0, 0.1) is 5.82 Å². The van der Waals surface area contributed by atoms with Crippen LogP contribution in [0.4, 0.5) is 4.39 Å². The first-order valence-corrected chi connectivity index (χ1v) is 4.47. The number of halogens is 2. The zero-order valence-electron chi connectivity index (χ0n) is 6.89. The lowest BCUT2D eigenvalue weighted by molar-refractivity contribution is -0.109. The number of carbonyl (C=O) groups excluding carboxylic acids is 1. The first-order chi connectivity index (χ1) is 6.16. The second-order valence-electron chi connectivity index (χ2n) is 3.43. The molecular formula is C10H8ClFO. The van der Waals surface area contributed by atoms with E-state index in [4.69, 9.17) is 11.6 Å². The quantitative estimate of drug-likeness (QED) is 0.668. The first-order valence-electron chi connectivity index (χ1n) is 4.09. The van der Waals surface area contributed by atoms with Gasteiger partial charge < -0.3 is 4.79 Å². The van der Waals surface area contributed by atoms with Crippen LogP contribution >= 0.6 is 11.6 Å². The molecule has 0 aliphatic heterocycles. The average Bonchev–Trinajstić information content (AvgIpc) is 2.82. The third-order valence-electron chi connectivity index (χ3n) is 2.45. The van der Waals surface area contributed by atoms with E-state index in [0.29, 0.717) is 10.6 Å². The molecule has 1 aromatic rings. The van der Waals surface area contributed by atoms with Crippen molar-refractivity contribution in [2.24, 2.45) is 0 Å². The van der Waals surface area contributed by atoms with E-state index in [1.54, 1.807) is 6.07 Å². The summed E-state index contributed by atoms with van der Waals surface area (Å²) in [5.74, 6) is -0.379. The van der Waals surface area contributed by atoms with Crippen molar-refractivity contribution in [1.29, 1.82) is 0 Å². The Morgan fingerprint density at radius 1 is 1.38 bits per heavy atom. The summed E-state index contributed by atoms with van der Waals surface area (Å²) in [4.78, 5) is 10.7. The molecule has 3 heteroatoms. The first kappa shape index (κ1) is 8.70. The van der Waals surface area contributed by atoms with Crippen LogP contribution in [0.15, 0.2) is 18.2 Å². The normalized spacial score (nSPS) is 18.3. The number of hydrogen-bond donors (Lipinski definition) is 0. The summed E-state index contributed by atoms with van der Waals surface area (Å²) in [6, 6.07) is 4.28. The van der Waals surface area contributed by atoms with E-state index in [9.17, 15) is 9.18 Å². The monoisotopic (exact) mass is 198 g/mol. The largest absolute Gasteiger partial charge is 0.302 e. The maximum atomic E-state index is 12.9. The topological polar surface area (TPSA) is 17.1 Å². The second kappa shape index (κ2) is 2.81. The summed E-state index contributed by atoms with van der Waals surface area (Å²) in [5.41, 5.74) is 0.263. The maximum Gasteiger partial charge on any atom is 0.130 e. The molecule has 0 N–H and O–H groups in total. The molecular weight excluding hydrogens is 191 g/mol. The van der Waals surface area contributed by atoms with Crippen LogP contribution in [0.1, 0.15) is 18.4 Å². The van der Waals surface area contributed by atoms with Gasteiger partial charge in [0.1, 0.15) is 12.1 Å². The predicted molar refractivity (Wildman–Crippen MR) is 48.4 cm³/mol. The van der Waals surface area contributed by atoms with Crippen LogP contribution in [-0.4, -0.2) is 6.29 Å². The van der Waals surface area contributed by atoms with E-state index >= 15 is 0 Å². The van der Waals surface area contributed by atoms with Gasteiger partial charge in [-0.15, -0.1) is 0 Å². The standard InChI is InChI=1S/C10H8ClFO/c11-8-3-7(4-9(12)5-8)10(6-13)1-2-10/h3-6H,1-2H2. The summed E-state index contributed by atoms with van der Waals surface area (Å²) in [7, 11) is 0. The van der Waals surface area contributed by atoms with Crippen molar-refractivity contribution in [3.05, 3.63) is 34.6 Å². The van der Waals surface area contributed by atoms with Crippen molar-refractivity contribution >= 4 is 17.9 Å². The Morgan fingerprint density at radius 3 is 2.54 bits per heavy atom. The number of aldehydes is 1. The summed E-state index contributed by atoms with van der Waals surface area (Å²) < 4.78 is 12.9. The molecule has 1 aliphatic rings. The van der Waals surface area contributed by atoms with E-state index in [1.165, 1.54) is 12.1 Å². The van der Waals surface area contributed by atoms with Gasteiger partial charge in [-0.25, -0.2) is 4.39 Å². The molecule has 68 valence electrons. The van der Waals surface area contributed by atoms with Crippen LogP contribution < -0.4 is 0 Å². The molecule has 0 heterocycles. The SMILES string of the molecule is O=CC1(c2cc(F)cc(Cl)c2)CC1. The molecule has 0 bridgehead atoms. The van der Waals surface area contributed by atoms with Crippen LogP contribution in [0.2, 0.25) is 5.02 Å². The molecule has 1 saturated carbocycles. The summed E-state index contributed by atoms with van der Waals surface area (Å²) in [5, 5.41) is 0.350. The zero-order chi connectivity index (χ0) is 9.47. The number of rotatable bonds is 2.